The SMILES string of the molecule is N#Cc1ccc(NCC2CCCCC2CO)c(F)c1. The maximum absolute atomic E-state index is 13.7. The Morgan fingerprint density at radius 1 is 1.32 bits per heavy atom. The summed E-state index contributed by atoms with van der Waals surface area (Å²) in [5.74, 6) is 0.326. The Morgan fingerprint density at radius 3 is 2.68 bits per heavy atom. The van der Waals surface area contributed by atoms with E-state index in [1.807, 2.05) is 6.07 Å². The minimum atomic E-state index is -0.393. The average molecular weight is 262 g/mol. The van der Waals surface area contributed by atoms with E-state index >= 15 is 0 Å². The van der Waals surface area contributed by atoms with Crippen molar-refractivity contribution in [2.75, 3.05) is 18.5 Å². The number of aliphatic hydroxyl groups excluding tert-OH is 1. The Kier molecular flexibility index (Phi) is 4.75. The van der Waals surface area contributed by atoms with Crippen LogP contribution in [0.1, 0.15) is 31.2 Å². The van der Waals surface area contributed by atoms with Gasteiger partial charge in [-0.05, 0) is 42.9 Å². The molecule has 3 nitrogen and oxygen atoms in total. The van der Waals surface area contributed by atoms with Crippen LogP contribution in [0.25, 0.3) is 0 Å². The zero-order valence-electron chi connectivity index (χ0n) is 10.9. The number of hydrogen-bond acceptors (Lipinski definition) is 3. The van der Waals surface area contributed by atoms with Gasteiger partial charge in [0.2, 0.25) is 0 Å². The molecule has 1 aromatic rings. The molecule has 0 radical (unpaired) electrons. The minimum Gasteiger partial charge on any atom is -0.396 e. The van der Waals surface area contributed by atoms with E-state index in [0.29, 0.717) is 29.6 Å². The second kappa shape index (κ2) is 6.53. The number of rotatable bonds is 4. The third-order valence-corrected chi connectivity index (χ3v) is 3.95. The first-order valence-electron chi connectivity index (χ1n) is 6.79. The Hall–Kier alpha value is -1.60. The minimum absolute atomic E-state index is 0.211. The van der Waals surface area contributed by atoms with Gasteiger partial charge in [-0.1, -0.05) is 12.8 Å². The van der Waals surface area contributed by atoms with E-state index in [4.69, 9.17) is 5.26 Å². The Balaban J connectivity index is 1.96. The quantitative estimate of drug-likeness (QED) is 0.877. The molecule has 0 bridgehead atoms. The third-order valence-electron chi connectivity index (χ3n) is 3.95. The van der Waals surface area contributed by atoms with E-state index in [0.717, 1.165) is 12.8 Å². The summed E-state index contributed by atoms with van der Waals surface area (Å²) < 4.78 is 13.7. The molecule has 2 unspecified atom stereocenters. The van der Waals surface area contributed by atoms with Crippen LogP contribution >= 0.6 is 0 Å². The number of benzene rings is 1. The van der Waals surface area contributed by atoms with Gasteiger partial charge in [0.25, 0.3) is 0 Å². The van der Waals surface area contributed by atoms with Crippen LogP contribution < -0.4 is 5.32 Å². The molecule has 4 heteroatoms. The summed E-state index contributed by atoms with van der Waals surface area (Å²) in [7, 11) is 0. The van der Waals surface area contributed by atoms with E-state index in [9.17, 15) is 9.50 Å². The highest BCUT2D eigenvalue weighted by atomic mass is 19.1. The van der Waals surface area contributed by atoms with Crippen LogP contribution in [0.3, 0.4) is 0 Å². The molecular formula is C15H19FN2O. The molecule has 0 saturated heterocycles. The molecule has 1 saturated carbocycles. The molecular weight excluding hydrogens is 243 g/mol. The summed E-state index contributed by atoms with van der Waals surface area (Å²) in [6.45, 7) is 0.885. The van der Waals surface area contributed by atoms with Gasteiger partial charge in [0, 0.05) is 13.2 Å². The number of nitrogens with zero attached hydrogens (tertiary/aromatic N) is 1. The van der Waals surface area contributed by atoms with E-state index < -0.39 is 5.82 Å². The molecule has 0 heterocycles. The van der Waals surface area contributed by atoms with Gasteiger partial charge in [-0.15, -0.1) is 0 Å². The molecule has 2 N–H and O–H groups in total. The van der Waals surface area contributed by atoms with Crippen molar-refractivity contribution >= 4 is 5.69 Å². The molecule has 1 aliphatic carbocycles. The number of nitrogens with one attached hydrogen (secondary N) is 1. The summed E-state index contributed by atoms with van der Waals surface area (Å²) in [5, 5.41) is 21.1. The number of aliphatic hydroxyl groups is 1. The largest absolute Gasteiger partial charge is 0.396 e. The Bertz CT molecular complexity index is 470. The highest BCUT2D eigenvalue weighted by molar-refractivity contribution is 5.48. The standard InChI is InChI=1S/C15H19FN2O/c16-14-7-11(8-17)5-6-15(14)18-9-12-3-1-2-4-13(12)10-19/h5-7,12-13,18-19H,1-4,9-10H2. The van der Waals surface area contributed by atoms with Crippen LogP contribution in [-0.2, 0) is 0 Å². The van der Waals surface area contributed by atoms with Crippen molar-refractivity contribution in [3.8, 4) is 6.07 Å². The van der Waals surface area contributed by atoms with Gasteiger partial charge in [-0.2, -0.15) is 5.26 Å². The first-order chi connectivity index (χ1) is 9.24. The molecule has 0 aromatic heterocycles. The van der Waals surface area contributed by atoms with Crippen LogP contribution in [0.15, 0.2) is 18.2 Å². The summed E-state index contributed by atoms with van der Waals surface area (Å²) in [6, 6.07) is 6.37. The van der Waals surface area contributed by atoms with Crippen molar-refractivity contribution in [1.82, 2.24) is 0 Å². The molecule has 0 aliphatic heterocycles. The number of anilines is 1. The average Bonchev–Trinajstić information content (AvgIpc) is 2.46. The summed E-state index contributed by atoms with van der Waals surface area (Å²) >= 11 is 0. The zero-order chi connectivity index (χ0) is 13.7. The van der Waals surface area contributed by atoms with Gasteiger partial charge in [0.15, 0.2) is 0 Å². The lowest BCUT2D eigenvalue weighted by Crippen LogP contribution is -2.28. The maximum Gasteiger partial charge on any atom is 0.147 e. The fraction of sp³-hybridized carbons (Fsp3) is 0.533. The lowest BCUT2D eigenvalue weighted by molar-refractivity contribution is 0.141. The topological polar surface area (TPSA) is 56.0 Å². The second-order valence-electron chi connectivity index (χ2n) is 5.17. The van der Waals surface area contributed by atoms with E-state index in [2.05, 4.69) is 5.32 Å². The van der Waals surface area contributed by atoms with Gasteiger partial charge in [-0.3, -0.25) is 0 Å². The molecule has 2 rings (SSSR count). The van der Waals surface area contributed by atoms with Gasteiger partial charge < -0.3 is 10.4 Å². The van der Waals surface area contributed by atoms with Crippen molar-refractivity contribution < 1.29 is 9.50 Å². The van der Waals surface area contributed by atoms with Gasteiger partial charge >= 0.3 is 0 Å². The molecule has 2 atom stereocenters. The van der Waals surface area contributed by atoms with E-state index in [1.165, 1.54) is 18.9 Å². The summed E-state index contributed by atoms with van der Waals surface area (Å²) in [5.41, 5.74) is 0.759. The monoisotopic (exact) mass is 262 g/mol. The highest BCUT2D eigenvalue weighted by Crippen LogP contribution is 2.30. The summed E-state index contributed by atoms with van der Waals surface area (Å²) in [4.78, 5) is 0. The molecule has 102 valence electrons. The predicted octanol–water partition coefficient (Wildman–Crippen LogP) is 2.91. The molecule has 0 amide bonds. The molecule has 19 heavy (non-hydrogen) atoms. The van der Waals surface area contributed by atoms with Gasteiger partial charge in [0.05, 0.1) is 17.3 Å². The second-order valence-corrected chi connectivity index (χ2v) is 5.17. The Labute approximate surface area is 113 Å². The number of nitriles is 1. The fourth-order valence-electron chi connectivity index (χ4n) is 2.76. The summed E-state index contributed by atoms with van der Waals surface area (Å²) in [6.07, 6.45) is 4.49. The highest BCUT2D eigenvalue weighted by Gasteiger charge is 2.24. The van der Waals surface area contributed by atoms with E-state index in [1.54, 1.807) is 12.1 Å². The molecule has 1 aromatic carbocycles. The first kappa shape index (κ1) is 13.8. The predicted molar refractivity (Wildman–Crippen MR) is 72.1 cm³/mol. The van der Waals surface area contributed by atoms with Crippen molar-refractivity contribution in [2.24, 2.45) is 11.8 Å². The fourth-order valence-corrected chi connectivity index (χ4v) is 2.76. The molecule has 0 spiro atoms. The van der Waals surface area contributed by atoms with E-state index in [-0.39, 0.29) is 6.61 Å². The van der Waals surface area contributed by atoms with Crippen molar-refractivity contribution in [2.45, 2.75) is 25.7 Å². The van der Waals surface area contributed by atoms with Gasteiger partial charge in [-0.25, -0.2) is 4.39 Å². The lowest BCUT2D eigenvalue weighted by atomic mass is 9.79. The molecule has 1 aliphatic rings. The maximum atomic E-state index is 13.7. The van der Waals surface area contributed by atoms with Crippen LogP contribution in [0.4, 0.5) is 10.1 Å². The van der Waals surface area contributed by atoms with Crippen LogP contribution in [-0.4, -0.2) is 18.3 Å². The van der Waals surface area contributed by atoms with Crippen molar-refractivity contribution in [3.05, 3.63) is 29.6 Å². The number of halogens is 1. The smallest absolute Gasteiger partial charge is 0.147 e. The number of hydrogen-bond donors (Lipinski definition) is 2. The first-order valence-corrected chi connectivity index (χ1v) is 6.79. The zero-order valence-corrected chi connectivity index (χ0v) is 10.9. The normalized spacial score (nSPS) is 22.8. The van der Waals surface area contributed by atoms with Crippen molar-refractivity contribution in [1.29, 1.82) is 5.26 Å². The lowest BCUT2D eigenvalue weighted by Gasteiger charge is -2.30. The third kappa shape index (κ3) is 3.45. The van der Waals surface area contributed by atoms with Crippen molar-refractivity contribution in [3.63, 3.8) is 0 Å². The van der Waals surface area contributed by atoms with Crippen LogP contribution in [0.5, 0.6) is 0 Å². The van der Waals surface area contributed by atoms with Crippen LogP contribution in [0.2, 0.25) is 0 Å². The Morgan fingerprint density at radius 2 is 2.05 bits per heavy atom. The van der Waals surface area contributed by atoms with Gasteiger partial charge in [0.1, 0.15) is 5.82 Å². The van der Waals surface area contributed by atoms with Crippen LogP contribution in [0, 0.1) is 29.0 Å². The molecule has 1 fully saturated rings.